The first-order valence-electron chi connectivity index (χ1n) is 36.4. The van der Waals surface area contributed by atoms with Gasteiger partial charge in [-0.15, -0.1) is 0 Å². The van der Waals surface area contributed by atoms with Gasteiger partial charge in [-0.3, -0.25) is 24.0 Å². The van der Waals surface area contributed by atoms with Gasteiger partial charge >= 0.3 is 30.3 Å². The first-order chi connectivity index (χ1) is 52.3. The van der Waals surface area contributed by atoms with E-state index >= 15 is 19.2 Å². The summed E-state index contributed by atoms with van der Waals surface area (Å²) in [7, 11) is 0. The number of aromatic nitrogens is 1. The van der Waals surface area contributed by atoms with Crippen LogP contribution >= 0.6 is 0 Å². The van der Waals surface area contributed by atoms with Gasteiger partial charge in [-0.25, -0.2) is 24.0 Å². The van der Waals surface area contributed by atoms with Crippen LogP contribution in [0.1, 0.15) is 118 Å². The highest BCUT2D eigenvalue weighted by atomic mass is 16.6. The number of unbranched alkanes of at least 4 members (excludes halogenated alkanes) is 1. The number of carbonyl (C=O) groups excluding carboxylic acids is 9. The number of nitrogens with one attached hydrogen (secondary N) is 9. The van der Waals surface area contributed by atoms with Crippen molar-refractivity contribution < 1.29 is 76.7 Å². The van der Waals surface area contributed by atoms with Crippen molar-refractivity contribution in [1.82, 2.24) is 52.4 Å². The van der Waals surface area contributed by atoms with Crippen molar-refractivity contribution in [2.45, 2.75) is 153 Å². The molecule has 1 aromatic heterocycles. The van der Waals surface area contributed by atoms with E-state index < -0.39 is 120 Å². The van der Waals surface area contributed by atoms with Crippen LogP contribution in [0.3, 0.4) is 0 Å². The van der Waals surface area contributed by atoms with Crippen molar-refractivity contribution in [1.29, 1.82) is 0 Å². The lowest BCUT2D eigenvalue weighted by molar-refractivity contribution is -0.143. The number of ether oxygens (including phenoxy) is 5. The lowest BCUT2D eigenvalue weighted by atomic mass is 9.98. The average Bonchev–Trinajstić information content (AvgIpc) is 1.63. The van der Waals surface area contributed by atoms with Gasteiger partial charge in [0.15, 0.2) is 0 Å². The van der Waals surface area contributed by atoms with Gasteiger partial charge in [-0.05, 0) is 129 Å². The number of nitrogens with zero attached hydrogens (tertiary/aromatic N) is 1. The summed E-state index contributed by atoms with van der Waals surface area (Å²) in [4.78, 5) is 147. The van der Waals surface area contributed by atoms with E-state index in [4.69, 9.17) is 23.7 Å². The van der Waals surface area contributed by atoms with Crippen LogP contribution in [0.2, 0.25) is 0 Å². The van der Waals surface area contributed by atoms with Crippen molar-refractivity contribution in [3.63, 3.8) is 0 Å². The number of likely N-dealkylation sites (tertiary alicyclic amines) is 1. The zero-order valence-electron chi connectivity index (χ0n) is 61.8. The molecule has 26 nitrogen and oxygen atoms in total. The second-order valence-corrected chi connectivity index (χ2v) is 28.8. The Kier molecular flexibility index (Phi) is 27.2. The summed E-state index contributed by atoms with van der Waals surface area (Å²) in [5, 5.41) is 32.9. The van der Waals surface area contributed by atoms with Gasteiger partial charge < -0.3 is 81.2 Å². The first kappa shape index (κ1) is 79.3. The summed E-state index contributed by atoms with van der Waals surface area (Å²) in [6.07, 6.45) is -3.09. The van der Waals surface area contributed by atoms with Crippen LogP contribution in [0.4, 0.5) is 19.2 Å². The average molecular weight is 1490 g/mol. The van der Waals surface area contributed by atoms with E-state index in [-0.39, 0.29) is 82.9 Å². The normalized spacial score (nSPS) is 15.2. The summed E-state index contributed by atoms with van der Waals surface area (Å²) in [6.45, 7) is 10.00. The molecule has 8 aromatic rings. The summed E-state index contributed by atoms with van der Waals surface area (Å²) < 4.78 is 28.6. The minimum Gasteiger partial charge on any atom is -0.489 e. The van der Waals surface area contributed by atoms with E-state index in [0.29, 0.717) is 39.8 Å². The fourth-order valence-electron chi connectivity index (χ4n) is 13.1. The fourth-order valence-corrected chi connectivity index (χ4v) is 13.1. The summed E-state index contributed by atoms with van der Waals surface area (Å²) >= 11 is 0. The quantitative estimate of drug-likeness (QED) is 0.0138. The van der Waals surface area contributed by atoms with E-state index in [1.165, 1.54) is 0 Å². The van der Waals surface area contributed by atoms with Gasteiger partial charge in [0, 0.05) is 68.3 Å². The minimum absolute atomic E-state index is 0.0583. The predicted octanol–water partition coefficient (Wildman–Crippen LogP) is 9.99. The SMILES string of the molecule is CC(C)(C)OC(=O)NCCCC[C@H](NC(=O)[C@@H](Cc1c[nH]c2ccccc12)NC(=O)[C@@H](NC(=O)[C@@H]1C[C@@H](OC(=O)NCCNC(=O)OC(C)(C)C)CN1C(=O)[C@H](Cc1ccccc1)NC(=O)[C@H](Cc1ccc(OCc2ccccc2)cc1)NC(=O)OCC1c2ccccc2-c2ccccc21)c1ccccc1)C(=O)O. The third kappa shape index (κ3) is 23.1. The first-order valence-corrected chi connectivity index (χ1v) is 36.4. The number of amides is 9. The number of rotatable bonds is 32. The van der Waals surface area contributed by atoms with Gasteiger partial charge in [0.05, 0.1) is 6.54 Å². The van der Waals surface area contributed by atoms with E-state index in [9.17, 15) is 33.9 Å². The molecule has 7 atom stereocenters. The Morgan fingerprint density at radius 3 is 1.66 bits per heavy atom. The molecule has 10 N–H and O–H groups in total. The van der Waals surface area contributed by atoms with E-state index in [0.717, 1.165) is 32.7 Å². The maximum absolute atomic E-state index is 15.9. The lowest BCUT2D eigenvalue weighted by Gasteiger charge is -2.31. The van der Waals surface area contributed by atoms with Crippen LogP contribution in [-0.2, 0) is 73.6 Å². The molecule has 0 saturated carbocycles. The van der Waals surface area contributed by atoms with E-state index in [2.05, 4.69) is 47.5 Å². The van der Waals surface area contributed by atoms with Gasteiger partial charge in [0.1, 0.15) is 72.5 Å². The number of H-pyrrole nitrogens is 1. The second-order valence-electron chi connectivity index (χ2n) is 28.8. The van der Waals surface area contributed by atoms with Crippen molar-refractivity contribution in [3.05, 3.63) is 233 Å². The number of aromatic amines is 1. The topological polar surface area (TPSA) is 352 Å². The number of carboxylic acid groups (broad SMARTS) is 1. The number of hydrogen-bond acceptors (Lipinski definition) is 15. The number of carboxylic acids is 1. The highest BCUT2D eigenvalue weighted by Gasteiger charge is 2.46. The molecule has 572 valence electrons. The smallest absolute Gasteiger partial charge is 0.407 e. The monoisotopic (exact) mass is 1490 g/mol. The molecular formula is C83H94N10O16. The zero-order valence-corrected chi connectivity index (χ0v) is 61.8. The molecule has 1 fully saturated rings. The Hall–Kier alpha value is -12.2. The van der Waals surface area contributed by atoms with Gasteiger partial charge in [0.25, 0.3) is 0 Å². The van der Waals surface area contributed by atoms with Crippen LogP contribution in [0.5, 0.6) is 5.75 Å². The highest BCUT2D eigenvalue weighted by molar-refractivity contribution is 5.98. The molecule has 109 heavy (non-hydrogen) atoms. The maximum Gasteiger partial charge on any atom is 0.407 e. The Bertz CT molecular complexity index is 4430. The van der Waals surface area contributed by atoms with Crippen molar-refractivity contribution >= 4 is 70.8 Å². The molecule has 0 bridgehead atoms. The van der Waals surface area contributed by atoms with Crippen molar-refractivity contribution in [2.75, 3.05) is 32.8 Å². The molecule has 1 saturated heterocycles. The molecular weight excluding hydrogens is 1390 g/mol. The molecule has 2 aliphatic rings. The number of carbonyl (C=O) groups is 10. The van der Waals surface area contributed by atoms with Gasteiger partial charge in [0.2, 0.25) is 29.5 Å². The van der Waals surface area contributed by atoms with Crippen LogP contribution in [-0.4, -0.2) is 155 Å². The molecule has 26 heteroatoms. The fraction of sp³-hybridized carbons (Fsp3) is 0.349. The number of hydrogen-bond donors (Lipinski definition) is 10. The summed E-state index contributed by atoms with van der Waals surface area (Å²) in [5.41, 5.74) is 6.06. The van der Waals surface area contributed by atoms with E-state index in [1.54, 1.807) is 139 Å². The lowest BCUT2D eigenvalue weighted by Crippen LogP contribution is -2.58. The predicted molar refractivity (Wildman–Crippen MR) is 407 cm³/mol. The number of fused-ring (bicyclic) bond motifs is 4. The molecule has 0 spiro atoms. The van der Waals surface area contributed by atoms with Gasteiger partial charge in [-0.2, -0.15) is 0 Å². The second kappa shape index (κ2) is 37.3. The summed E-state index contributed by atoms with van der Waals surface area (Å²) in [6, 6.07) is 47.4. The highest BCUT2D eigenvalue weighted by Crippen LogP contribution is 2.44. The maximum atomic E-state index is 15.9. The van der Waals surface area contributed by atoms with Crippen molar-refractivity contribution in [2.24, 2.45) is 0 Å². The Morgan fingerprint density at radius 1 is 0.514 bits per heavy atom. The minimum atomic E-state index is -1.62. The number of alkyl carbamates (subject to hydrolysis) is 4. The number of para-hydroxylation sites is 1. The molecule has 1 aliphatic heterocycles. The Labute approximate surface area is 632 Å². The molecule has 0 unspecified atom stereocenters. The van der Waals surface area contributed by atoms with Crippen LogP contribution in [0.25, 0.3) is 22.0 Å². The third-order valence-electron chi connectivity index (χ3n) is 18.3. The third-order valence-corrected chi connectivity index (χ3v) is 18.3. The Balaban J connectivity index is 0.927. The summed E-state index contributed by atoms with van der Waals surface area (Å²) in [5.74, 6) is -5.49. The number of benzene rings is 7. The van der Waals surface area contributed by atoms with E-state index in [1.807, 2.05) is 97.1 Å². The molecule has 10 rings (SSSR count). The standard InChI is InChI=1S/C83H94N10O16/c1-82(2,3)108-79(102)84-41-23-22-36-66(77(99)100)88-73(95)68(46-56-48-87-65-35-21-20-30-59(56)65)89-75(97)71(55-28-14-9-15-29-55)92-74(96)70-47-58(107-78(101)85-42-43-86-80(103)109-83(4,5)6)49-93(70)76(98)69(45-52-24-10-7-11-25-52)90-72(94)67(44-53-37-39-57(40-38-53)105-50-54-26-12-8-13-27-54)91-81(104)106-51-64-62-33-18-16-31-60(62)61-32-17-19-34-63(61)64/h7-21,24-35,37-40,48,58,64,66-71,87H,22-23,36,41-47,49-51H2,1-6H3,(H,84,102)(H,85,101)(H,86,103)(H,88,95)(H,89,97)(H,90,94)(H,91,104)(H,92,96)(H,99,100)/t58-,66+,67+,68-,69+,70+,71+/m1/s1. The van der Waals surface area contributed by atoms with Crippen molar-refractivity contribution in [3.8, 4) is 16.9 Å². The number of aliphatic carboxylic acids is 1. The van der Waals surface area contributed by atoms with Crippen LogP contribution < -0.4 is 47.3 Å². The van der Waals surface area contributed by atoms with Crippen LogP contribution in [0, 0.1) is 0 Å². The largest absolute Gasteiger partial charge is 0.489 e. The molecule has 7 aromatic carbocycles. The molecule has 0 radical (unpaired) electrons. The molecule has 1 aliphatic carbocycles. The molecule has 2 heterocycles. The van der Waals surface area contributed by atoms with Gasteiger partial charge in [-0.1, -0.05) is 170 Å². The van der Waals surface area contributed by atoms with Crippen LogP contribution in [0.15, 0.2) is 194 Å². The molecule has 9 amide bonds. The zero-order chi connectivity index (χ0) is 77.6. The Morgan fingerprint density at radius 2 is 1.04 bits per heavy atom.